The van der Waals surface area contributed by atoms with Crippen LogP contribution >= 0.6 is 0 Å². The van der Waals surface area contributed by atoms with Crippen LogP contribution in [0, 0.1) is 0 Å². The van der Waals surface area contributed by atoms with Crippen molar-refractivity contribution >= 4 is 0 Å². The lowest BCUT2D eigenvalue weighted by molar-refractivity contribution is 0.0803. The van der Waals surface area contributed by atoms with Crippen LogP contribution in [0.15, 0.2) is 10.6 Å². The van der Waals surface area contributed by atoms with Gasteiger partial charge in [0.1, 0.15) is 5.76 Å². The highest BCUT2D eigenvalue weighted by Gasteiger charge is 2.19. The van der Waals surface area contributed by atoms with E-state index in [0.717, 1.165) is 37.7 Å². The van der Waals surface area contributed by atoms with Crippen LogP contribution in [0.4, 0.5) is 0 Å². The normalized spacial score (nSPS) is 18.2. The highest BCUT2D eigenvalue weighted by molar-refractivity contribution is 5.02. The van der Waals surface area contributed by atoms with Crippen LogP contribution in [0.3, 0.4) is 0 Å². The lowest BCUT2D eigenvalue weighted by Crippen LogP contribution is -2.21. The third-order valence-corrected chi connectivity index (χ3v) is 2.86. The minimum absolute atomic E-state index is 0.457. The Morgan fingerprint density at radius 3 is 2.88 bits per heavy atom. The standard InChI is InChI=1S/C12H20N2O2/c1-9(2)13-8-12-14-7-11(16-12)10-3-5-15-6-4-10/h7,9-10,13H,3-6,8H2,1-2H3. The Kier molecular flexibility index (Phi) is 3.96. The van der Waals surface area contributed by atoms with Crippen molar-refractivity contribution in [1.29, 1.82) is 0 Å². The zero-order valence-electron chi connectivity index (χ0n) is 10.0. The van der Waals surface area contributed by atoms with Crippen molar-refractivity contribution in [3.05, 3.63) is 17.8 Å². The van der Waals surface area contributed by atoms with Gasteiger partial charge in [0.05, 0.1) is 12.7 Å². The molecule has 0 saturated carbocycles. The van der Waals surface area contributed by atoms with Crippen molar-refractivity contribution in [2.75, 3.05) is 13.2 Å². The molecular formula is C12H20N2O2. The summed E-state index contributed by atoms with van der Waals surface area (Å²) in [6.45, 7) is 6.61. The maximum absolute atomic E-state index is 5.74. The average molecular weight is 224 g/mol. The average Bonchev–Trinajstić information content (AvgIpc) is 2.76. The van der Waals surface area contributed by atoms with Gasteiger partial charge < -0.3 is 14.5 Å². The molecule has 4 heteroatoms. The van der Waals surface area contributed by atoms with E-state index in [2.05, 4.69) is 24.1 Å². The van der Waals surface area contributed by atoms with Crippen molar-refractivity contribution in [2.45, 2.75) is 45.2 Å². The molecule has 4 nitrogen and oxygen atoms in total. The Balaban J connectivity index is 1.90. The molecule has 0 unspecified atom stereocenters. The topological polar surface area (TPSA) is 47.3 Å². The highest BCUT2D eigenvalue weighted by atomic mass is 16.5. The summed E-state index contributed by atoms with van der Waals surface area (Å²) >= 11 is 0. The van der Waals surface area contributed by atoms with Gasteiger partial charge in [-0.05, 0) is 12.8 Å². The van der Waals surface area contributed by atoms with Crippen LogP contribution in [0.1, 0.15) is 44.3 Å². The molecule has 90 valence electrons. The first-order chi connectivity index (χ1) is 7.75. The molecule has 1 aliphatic rings. The summed E-state index contributed by atoms with van der Waals surface area (Å²) in [4.78, 5) is 4.29. The maximum atomic E-state index is 5.74. The predicted octanol–water partition coefficient (Wildman–Crippen LogP) is 2.07. The first-order valence-corrected chi connectivity index (χ1v) is 6.01. The van der Waals surface area contributed by atoms with E-state index in [4.69, 9.17) is 9.15 Å². The molecule has 1 aliphatic heterocycles. The summed E-state index contributed by atoms with van der Waals surface area (Å²) in [6.07, 6.45) is 3.96. The highest BCUT2D eigenvalue weighted by Crippen LogP contribution is 2.27. The van der Waals surface area contributed by atoms with Gasteiger partial charge >= 0.3 is 0 Å². The number of ether oxygens (including phenoxy) is 1. The second-order valence-corrected chi connectivity index (χ2v) is 4.58. The van der Waals surface area contributed by atoms with Crippen LogP contribution < -0.4 is 5.32 Å². The Hall–Kier alpha value is -0.870. The molecule has 1 saturated heterocycles. The number of hydrogen-bond donors (Lipinski definition) is 1. The molecule has 2 rings (SSSR count). The Bertz CT molecular complexity index is 317. The van der Waals surface area contributed by atoms with E-state index in [-0.39, 0.29) is 0 Å². The molecule has 1 aromatic heterocycles. The van der Waals surface area contributed by atoms with Crippen LogP contribution in [0.5, 0.6) is 0 Å². The van der Waals surface area contributed by atoms with Gasteiger partial charge in [0, 0.05) is 25.2 Å². The molecule has 0 spiro atoms. The van der Waals surface area contributed by atoms with E-state index in [1.807, 2.05) is 6.20 Å². The largest absolute Gasteiger partial charge is 0.444 e. The Morgan fingerprint density at radius 2 is 2.19 bits per heavy atom. The van der Waals surface area contributed by atoms with Crippen molar-refractivity contribution < 1.29 is 9.15 Å². The molecule has 0 aliphatic carbocycles. The summed E-state index contributed by atoms with van der Waals surface area (Å²) in [7, 11) is 0. The monoisotopic (exact) mass is 224 g/mol. The quantitative estimate of drug-likeness (QED) is 0.850. The fraction of sp³-hybridized carbons (Fsp3) is 0.750. The summed E-state index contributed by atoms with van der Waals surface area (Å²) in [5, 5.41) is 3.30. The fourth-order valence-corrected chi connectivity index (χ4v) is 1.87. The van der Waals surface area contributed by atoms with Crippen molar-refractivity contribution in [1.82, 2.24) is 10.3 Å². The zero-order valence-corrected chi connectivity index (χ0v) is 10.0. The molecule has 0 bridgehead atoms. The smallest absolute Gasteiger partial charge is 0.208 e. The molecule has 0 aromatic carbocycles. The second kappa shape index (κ2) is 5.46. The summed E-state index contributed by atoms with van der Waals surface area (Å²) in [6, 6.07) is 0.457. The zero-order chi connectivity index (χ0) is 11.4. The first-order valence-electron chi connectivity index (χ1n) is 6.01. The van der Waals surface area contributed by atoms with Gasteiger partial charge in [-0.25, -0.2) is 4.98 Å². The van der Waals surface area contributed by atoms with Gasteiger partial charge in [0.25, 0.3) is 0 Å². The van der Waals surface area contributed by atoms with Gasteiger partial charge in [0.15, 0.2) is 0 Å². The van der Waals surface area contributed by atoms with E-state index in [1.54, 1.807) is 0 Å². The fourth-order valence-electron chi connectivity index (χ4n) is 1.87. The SMILES string of the molecule is CC(C)NCc1ncc(C2CCOCC2)o1. The molecule has 16 heavy (non-hydrogen) atoms. The Morgan fingerprint density at radius 1 is 1.44 bits per heavy atom. The second-order valence-electron chi connectivity index (χ2n) is 4.58. The van der Waals surface area contributed by atoms with Gasteiger partial charge in [0.2, 0.25) is 5.89 Å². The predicted molar refractivity (Wildman–Crippen MR) is 61.3 cm³/mol. The molecule has 1 fully saturated rings. The van der Waals surface area contributed by atoms with Crippen LogP contribution in [-0.4, -0.2) is 24.2 Å². The third-order valence-electron chi connectivity index (χ3n) is 2.86. The molecular weight excluding hydrogens is 204 g/mol. The number of rotatable bonds is 4. The molecule has 0 radical (unpaired) electrons. The number of nitrogens with zero attached hydrogens (tertiary/aromatic N) is 1. The van der Waals surface area contributed by atoms with Crippen molar-refractivity contribution in [3.63, 3.8) is 0 Å². The van der Waals surface area contributed by atoms with Gasteiger partial charge in [-0.15, -0.1) is 0 Å². The molecule has 0 amide bonds. The van der Waals surface area contributed by atoms with Crippen LogP contribution in [-0.2, 0) is 11.3 Å². The maximum Gasteiger partial charge on any atom is 0.208 e. The number of oxazole rings is 1. The van der Waals surface area contributed by atoms with Crippen LogP contribution in [0.2, 0.25) is 0 Å². The molecule has 1 aromatic rings. The van der Waals surface area contributed by atoms with E-state index in [1.165, 1.54) is 0 Å². The van der Waals surface area contributed by atoms with Crippen molar-refractivity contribution in [3.8, 4) is 0 Å². The number of aromatic nitrogens is 1. The van der Waals surface area contributed by atoms with E-state index < -0.39 is 0 Å². The summed E-state index contributed by atoms with van der Waals surface area (Å²) in [5.74, 6) is 2.30. The Labute approximate surface area is 96.4 Å². The third kappa shape index (κ3) is 3.06. The summed E-state index contributed by atoms with van der Waals surface area (Å²) in [5.41, 5.74) is 0. The van der Waals surface area contributed by atoms with E-state index in [9.17, 15) is 0 Å². The number of nitrogens with one attached hydrogen (secondary N) is 1. The van der Waals surface area contributed by atoms with Gasteiger partial charge in [-0.1, -0.05) is 13.8 Å². The van der Waals surface area contributed by atoms with Crippen molar-refractivity contribution in [2.24, 2.45) is 0 Å². The first kappa shape index (κ1) is 11.6. The lowest BCUT2D eigenvalue weighted by Gasteiger charge is -2.19. The van der Waals surface area contributed by atoms with E-state index >= 15 is 0 Å². The lowest BCUT2D eigenvalue weighted by atomic mass is 9.98. The van der Waals surface area contributed by atoms with Gasteiger partial charge in [-0.3, -0.25) is 0 Å². The number of hydrogen-bond acceptors (Lipinski definition) is 4. The summed E-state index contributed by atoms with van der Waals surface area (Å²) < 4.78 is 11.1. The molecule has 1 N–H and O–H groups in total. The minimum atomic E-state index is 0.457. The molecule has 2 heterocycles. The minimum Gasteiger partial charge on any atom is -0.444 e. The van der Waals surface area contributed by atoms with E-state index in [0.29, 0.717) is 18.5 Å². The molecule has 0 atom stereocenters. The van der Waals surface area contributed by atoms with Crippen LogP contribution in [0.25, 0.3) is 0 Å². The van der Waals surface area contributed by atoms with Gasteiger partial charge in [-0.2, -0.15) is 0 Å².